The second-order valence-corrected chi connectivity index (χ2v) is 14.9. The van der Waals surface area contributed by atoms with Crippen molar-refractivity contribution >= 4 is 62.9 Å². The van der Waals surface area contributed by atoms with Gasteiger partial charge in [0.05, 0.1) is 17.8 Å². The number of carbonyl (C=O) groups is 1. The van der Waals surface area contributed by atoms with Crippen molar-refractivity contribution in [1.82, 2.24) is 20.3 Å². The highest BCUT2D eigenvalue weighted by molar-refractivity contribution is 7.98. The summed E-state index contributed by atoms with van der Waals surface area (Å²) in [6.07, 6.45) is 6.40. The second kappa shape index (κ2) is 13.6. The summed E-state index contributed by atoms with van der Waals surface area (Å²) in [5, 5.41) is 14.8. The molecule has 3 aromatic heterocycles. The average Bonchev–Trinajstić information content (AvgIpc) is 3.46. The Morgan fingerprint density at radius 1 is 1.08 bits per heavy atom. The number of rotatable bonds is 10. The summed E-state index contributed by atoms with van der Waals surface area (Å²) in [5.74, 6) is 0.874. The maximum absolute atomic E-state index is 12.2. The summed E-state index contributed by atoms with van der Waals surface area (Å²) in [6, 6.07) is 14.6. The minimum absolute atomic E-state index is 0.177. The molecule has 2 N–H and O–H groups in total. The molecule has 0 atom stereocenters. The second-order valence-electron chi connectivity index (χ2n) is 13.6. The fourth-order valence-corrected chi connectivity index (χ4v) is 7.66. The van der Waals surface area contributed by atoms with Crippen LogP contribution in [0.15, 0.2) is 53.2 Å². The standard InChI is InChI=1S/C37H41ClN6O3S/c1-37(2)11-15-43(16-12-37)33-27(19-30(45)46)35(38)42-28(20-39-13-17-48-3)31(33)24-8-9-25-21-44(14-10-23(25)18-24)36-34-32(40-22-41-36)26-6-4-5-7-29(26)47-34/h4-9,18,22,39H,10-17,19-21H2,1-3H3,(H,45,46). The smallest absolute Gasteiger partial charge is 0.308 e. The molecule has 0 spiro atoms. The number of halogens is 1. The van der Waals surface area contributed by atoms with Crippen molar-refractivity contribution in [2.75, 3.05) is 48.0 Å². The van der Waals surface area contributed by atoms with Gasteiger partial charge in [-0.1, -0.05) is 55.8 Å². The number of carboxylic acid groups (broad SMARTS) is 1. The zero-order valence-electron chi connectivity index (χ0n) is 27.7. The van der Waals surface area contributed by atoms with Crippen molar-refractivity contribution < 1.29 is 14.3 Å². The molecule has 0 bridgehead atoms. The summed E-state index contributed by atoms with van der Waals surface area (Å²) < 4.78 is 6.26. The highest BCUT2D eigenvalue weighted by Crippen LogP contribution is 2.44. The molecule has 0 amide bonds. The van der Waals surface area contributed by atoms with E-state index >= 15 is 0 Å². The van der Waals surface area contributed by atoms with E-state index in [4.69, 9.17) is 21.0 Å². The SMILES string of the molecule is CSCCNCc1nc(Cl)c(CC(=O)O)c(N2CCC(C)(C)CC2)c1-c1ccc2c(c1)CCN(c1ncnc3c1oc1ccccc13)C2. The number of thioether (sulfide) groups is 1. The van der Waals surface area contributed by atoms with Crippen LogP contribution in [0.1, 0.15) is 49.1 Å². The molecule has 0 saturated carbocycles. The van der Waals surface area contributed by atoms with Crippen LogP contribution in [0, 0.1) is 5.41 Å². The van der Waals surface area contributed by atoms with Gasteiger partial charge in [0.25, 0.3) is 0 Å². The number of furan rings is 1. The van der Waals surface area contributed by atoms with E-state index in [1.165, 1.54) is 11.1 Å². The first-order chi connectivity index (χ1) is 23.2. The van der Waals surface area contributed by atoms with Crippen LogP contribution < -0.4 is 15.1 Å². The summed E-state index contributed by atoms with van der Waals surface area (Å²) in [6.45, 7) is 9.13. The van der Waals surface area contributed by atoms with Gasteiger partial charge in [-0.15, -0.1) is 0 Å². The van der Waals surface area contributed by atoms with E-state index in [1.807, 2.05) is 24.3 Å². The molecule has 2 aromatic carbocycles. The minimum atomic E-state index is -0.914. The molecule has 0 radical (unpaired) electrons. The van der Waals surface area contributed by atoms with Crippen molar-refractivity contribution in [3.63, 3.8) is 0 Å². The van der Waals surface area contributed by atoms with Crippen molar-refractivity contribution in [3.8, 4) is 11.1 Å². The molecular formula is C37H41ClN6O3S. The third kappa shape index (κ3) is 6.45. The van der Waals surface area contributed by atoms with Crippen LogP contribution in [0.25, 0.3) is 33.2 Å². The zero-order valence-corrected chi connectivity index (χ0v) is 29.3. The molecule has 0 unspecified atom stereocenters. The number of aromatic nitrogens is 3. The van der Waals surface area contributed by atoms with Crippen LogP contribution in [0.5, 0.6) is 0 Å². The molecule has 48 heavy (non-hydrogen) atoms. The Morgan fingerprint density at radius 2 is 1.90 bits per heavy atom. The topological polar surface area (TPSA) is 108 Å². The lowest BCUT2D eigenvalue weighted by Crippen LogP contribution is -2.38. The first-order valence-electron chi connectivity index (χ1n) is 16.6. The normalized spacial score (nSPS) is 16.1. The molecule has 11 heteroatoms. The molecule has 250 valence electrons. The van der Waals surface area contributed by atoms with Gasteiger partial charge in [0.15, 0.2) is 11.4 Å². The number of aliphatic carboxylic acids is 1. The van der Waals surface area contributed by atoms with Gasteiger partial charge in [-0.25, -0.2) is 15.0 Å². The van der Waals surface area contributed by atoms with Gasteiger partial charge < -0.3 is 24.6 Å². The molecule has 0 aliphatic carbocycles. The fourth-order valence-electron chi connectivity index (χ4n) is 7.06. The predicted octanol–water partition coefficient (Wildman–Crippen LogP) is 7.36. The third-order valence-corrected chi connectivity index (χ3v) is 10.7. The van der Waals surface area contributed by atoms with Crippen LogP contribution in [-0.4, -0.2) is 64.2 Å². The maximum Gasteiger partial charge on any atom is 0.308 e. The van der Waals surface area contributed by atoms with E-state index in [9.17, 15) is 9.90 Å². The summed E-state index contributed by atoms with van der Waals surface area (Å²) in [7, 11) is 0. The Balaban J connectivity index is 1.28. The number of hydrogen-bond donors (Lipinski definition) is 2. The highest BCUT2D eigenvalue weighted by atomic mass is 35.5. The number of anilines is 2. The maximum atomic E-state index is 12.2. The Morgan fingerprint density at radius 3 is 2.69 bits per heavy atom. The van der Waals surface area contributed by atoms with Crippen LogP contribution in [-0.2, 0) is 30.7 Å². The number of pyridine rings is 1. The molecule has 1 saturated heterocycles. The Hall–Kier alpha value is -3.86. The fraction of sp³-hybridized carbons (Fsp3) is 0.405. The van der Waals surface area contributed by atoms with E-state index < -0.39 is 5.97 Å². The lowest BCUT2D eigenvalue weighted by Gasteiger charge is -2.40. The van der Waals surface area contributed by atoms with Crippen LogP contribution in [0.4, 0.5) is 11.5 Å². The lowest BCUT2D eigenvalue weighted by molar-refractivity contribution is -0.136. The van der Waals surface area contributed by atoms with E-state index in [1.54, 1.807) is 18.1 Å². The summed E-state index contributed by atoms with van der Waals surface area (Å²) in [5.41, 5.74) is 9.46. The summed E-state index contributed by atoms with van der Waals surface area (Å²) in [4.78, 5) is 30.9. The Kier molecular flexibility index (Phi) is 9.24. The quantitative estimate of drug-likeness (QED) is 0.114. The molecular weight excluding hydrogens is 644 g/mol. The predicted molar refractivity (Wildman–Crippen MR) is 195 cm³/mol. The number of carboxylic acids is 1. The van der Waals surface area contributed by atoms with Gasteiger partial charge in [0, 0.05) is 61.5 Å². The highest BCUT2D eigenvalue weighted by Gasteiger charge is 2.32. The number of hydrogen-bond acceptors (Lipinski definition) is 9. The largest absolute Gasteiger partial charge is 0.481 e. The molecule has 2 aliphatic heterocycles. The number of para-hydroxylation sites is 1. The van der Waals surface area contributed by atoms with E-state index in [-0.39, 0.29) is 17.0 Å². The first kappa shape index (κ1) is 32.7. The first-order valence-corrected chi connectivity index (χ1v) is 18.4. The number of fused-ring (bicyclic) bond motifs is 4. The molecule has 1 fully saturated rings. The van der Waals surface area contributed by atoms with Crippen molar-refractivity contribution in [1.29, 1.82) is 0 Å². The van der Waals surface area contributed by atoms with Gasteiger partial charge in [0.2, 0.25) is 0 Å². The van der Waals surface area contributed by atoms with Crippen molar-refractivity contribution in [3.05, 3.63) is 76.3 Å². The van der Waals surface area contributed by atoms with Crippen molar-refractivity contribution in [2.24, 2.45) is 5.41 Å². The van der Waals surface area contributed by atoms with Gasteiger partial charge in [-0.2, -0.15) is 11.8 Å². The Labute approximate surface area is 290 Å². The van der Waals surface area contributed by atoms with Gasteiger partial charge in [-0.05, 0) is 59.8 Å². The zero-order chi connectivity index (χ0) is 33.4. The molecule has 5 heterocycles. The van der Waals surface area contributed by atoms with Gasteiger partial charge in [-0.3, -0.25) is 4.79 Å². The molecule has 2 aliphatic rings. The molecule has 7 rings (SSSR count). The number of benzene rings is 2. The van der Waals surface area contributed by atoms with Crippen molar-refractivity contribution in [2.45, 2.75) is 52.6 Å². The van der Waals surface area contributed by atoms with Crippen LogP contribution in [0.2, 0.25) is 5.15 Å². The van der Waals surface area contributed by atoms with Gasteiger partial charge in [0.1, 0.15) is 22.6 Å². The summed E-state index contributed by atoms with van der Waals surface area (Å²) >= 11 is 8.64. The van der Waals surface area contributed by atoms with Crippen LogP contribution >= 0.6 is 23.4 Å². The average molecular weight is 685 g/mol. The number of nitrogens with zero attached hydrogens (tertiary/aromatic N) is 5. The molecule has 5 aromatic rings. The van der Waals surface area contributed by atoms with Gasteiger partial charge >= 0.3 is 5.97 Å². The number of piperidine rings is 1. The van der Waals surface area contributed by atoms with Crippen LogP contribution in [0.3, 0.4) is 0 Å². The number of nitrogens with one attached hydrogen (secondary N) is 1. The van der Waals surface area contributed by atoms with E-state index in [0.717, 1.165) is 96.0 Å². The lowest BCUT2D eigenvalue weighted by atomic mass is 9.82. The minimum Gasteiger partial charge on any atom is -0.481 e. The third-order valence-electron chi connectivity index (χ3n) is 9.78. The Bertz CT molecular complexity index is 1990. The van der Waals surface area contributed by atoms with E-state index in [2.05, 4.69) is 63.4 Å². The van der Waals surface area contributed by atoms with E-state index in [0.29, 0.717) is 24.2 Å². The monoisotopic (exact) mass is 684 g/mol. The molecule has 9 nitrogen and oxygen atoms in total.